The standard InChI is InChI=1S/C28H27F3N2O4/c1-4-35-18-10-11-20-22(14-18)37-26(2,3)23(28(20)19-7-5-6-8-21(19)33-25(28)34)13-17-9-12-24(32-15-17)36-16-27(29,30)31/h5-12,14-15,23H,4,13,16H2,1-3H3,(H,33,34). The fourth-order valence-electron chi connectivity index (χ4n) is 5.53. The summed E-state index contributed by atoms with van der Waals surface area (Å²) in [5.41, 5.74) is 1.20. The quantitative estimate of drug-likeness (QED) is 0.460. The van der Waals surface area contributed by atoms with Gasteiger partial charge >= 0.3 is 6.18 Å². The summed E-state index contributed by atoms with van der Waals surface area (Å²) in [6, 6.07) is 16.2. The molecule has 2 atom stereocenters. The van der Waals surface area contributed by atoms with Gasteiger partial charge < -0.3 is 19.5 Å². The van der Waals surface area contributed by atoms with E-state index in [0.717, 1.165) is 22.4 Å². The van der Waals surface area contributed by atoms with Crippen LogP contribution in [-0.4, -0.2) is 35.9 Å². The Morgan fingerprint density at radius 3 is 2.54 bits per heavy atom. The van der Waals surface area contributed by atoms with Crippen molar-refractivity contribution in [1.29, 1.82) is 0 Å². The lowest BCUT2D eigenvalue weighted by atomic mass is 9.58. The molecule has 2 aromatic carbocycles. The van der Waals surface area contributed by atoms with Gasteiger partial charge in [-0.1, -0.05) is 30.3 Å². The first-order chi connectivity index (χ1) is 17.5. The molecule has 2 unspecified atom stereocenters. The molecule has 2 aliphatic rings. The summed E-state index contributed by atoms with van der Waals surface area (Å²) in [6.45, 7) is 4.87. The Hall–Kier alpha value is -3.75. The van der Waals surface area contributed by atoms with Gasteiger partial charge in [0.25, 0.3) is 0 Å². The number of aromatic nitrogens is 1. The van der Waals surface area contributed by atoms with Crippen LogP contribution < -0.4 is 19.5 Å². The monoisotopic (exact) mass is 512 g/mol. The Balaban J connectivity index is 1.59. The second-order valence-electron chi connectivity index (χ2n) is 9.77. The highest BCUT2D eigenvalue weighted by atomic mass is 19.4. The third kappa shape index (κ3) is 4.36. The molecule has 194 valence electrons. The second-order valence-corrected chi connectivity index (χ2v) is 9.77. The number of nitrogens with zero attached hydrogens (tertiary/aromatic N) is 1. The van der Waals surface area contributed by atoms with Gasteiger partial charge in [-0.3, -0.25) is 4.79 Å². The van der Waals surface area contributed by atoms with E-state index in [1.807, 2.05) is 63.2 Å². The number of carbonyl (C=O) groups is 1. The molecule has 0 bridgehead atoms. The van der Waals surface area contributed by atoms with E-state index in [0.29, 0.717) is 24.5 Å². The van der Waals surface area contributed by atoms with Gasteiger partial charge in [0.15, 0.2) is 6.61 Å². The Morgan fingerprint density at radius 2 is 1.84 bits per heavy atom. The molecule has 1 amide bonds. The molecule has 3 aromatic rings. The van der Waals surface area contributed by atoms with Gasteiger partial charge in [0, 0.05) is 35.5 Å². The van der Waals surface area contributed by atoms with Crippen molar-refractivity contribution in [3.05, 3.63) is 77.5 Å². The van der Waals surface area contributed by atoms with Crippen LogP contribution in [0.1, 0.15) is 37.5 Å². The van der Waals surface area contributed by atoms with E-state index in [1.165, 1.54) is 12.3 Å². The van der Waals surface area contributed by atoms with E-state index >= 15 is 0 Å². The molecule has 5 rings (SSSR count). The maximum absolute atomic E-state index is 14.0. The van der Waals surface area contributed by atoms with E-state index < -0.39 is 23.8 Å². The maximum Gasteiger partial charge on any atom is 0.422 e. The third-order valence-electron chi connectivity index (χ3n) is 7.00. The third-order valence-corrected chi connectivity index (χ3v) is 7.00. The smallest absolute Gasteiger partial charge is 0.422 e. The first-order valence-corrected chi connectivity index (χ1v) is 12.1. The first-order valence-electron chi connectivity index (χ1n) is 12.1. The predicted octanol–water partition coefficient (Wildman–Crippen LogP) is 5.69. The van der Waals surface area contributed by atoms with Gasteiger partial charge in [0.1, 0.15) is 22.5 Å². The molecule has 0 aliphatic carbocycles. The largest absolute Gasteiger partial charge is 0.494 e. The summed E-state index contributed by atoms with van der Waals surface area (Å²) in [7, 11) is 0. The van der Waals surface area contributed by atoms with Gasteiger partial charge in [-0.25, -0.2) is 4.98 Å². The molecule has 0 fully saturated rings. The lowest BCUT2D eigenvalue weighted by Crippen LogP contribution is -2.58. The maximum atomic E-state index is 14.0. The molecule has 1 spiro atoms. The fraction of sp³-hybridized carbons (Fsp3) is 0.357. The molecule has 0 radical (unpaired) electrons. The molecular weight excluding hydrogens is 485 g/mol. The molecule has 9 heteroatoms. The van der Waals surface area contributed by atoms with Crippen molar-refractivity contribution in [3.63, 3.8) is 0 Å². The zero-order valence-corrected chi connectivity index (χ0v) is 20.7. The highest BCUT2D eigenvalue weighted by molar-refractivity contribution is 6.09. The molecule has 0 saturated carbocycles. The van der Waals surface area contributed by atoms with Crippen LogP contribution in [0.2, 0.25) is 0 Å². The number of para-hydroxylation sites is 1. The van der Waals surface area contributed by atoms with Crippen LogP contribution in [0.4, 0.5) is 18.9 Å². The van der Waals surface area contributed by atoms with Gasteiger partial charge in [-0.15, -0.1) is 0 Å². The lowest BCUT2D eigenvalue weighted by Gasteiger charge is -2.50. The van der Waals surface area contributed by atoms with Crippen molar-refractivity contribution in [2.45, 2.75) is 44.4 Å². The zero-order chi connectivity index (χ0) is 26.4. The number of hydrogen-bond donors (Lipinski definition) is 1. The zero-order valence-electron chi connectivity index (χ0n) is 20.7. The van der Waals surface area contributed by atoms with Crippen molar-refractivity contribution in [2.75, 3.05) is 18.5 Å². The number of benzene rings is 2. The highest BCUT2D eigenvalue weighted by Gasteiger charge is 2.62. The molecule has 3 heterocycles. The average molecular weight is 513 g/mol. The lowest BCUT2D eigenvalue weighted by molar-refractivity contribution is -0.154. The number of carbonyl (C=O) groups excluding carboxylic acids is 1. The minimum Gasteiger partial charge on any atom is -0.494 e. The fourth-order valence-corrected chi connectivity index (χ4v) is 5.53. The Kier molecular flexibility index (Phi) is 6.04. The van der Waals surface area contributed by atoms with Crippen LogP contribution in [0, 0.1) is 5.92 Å². The van der Waals surface area contributed by atoms with E-state index in [2.05, 4.69) is 10.3 Å². The number of nitrogens with one attached hydrogen (secondary N) is 1. The van der Waals surface area contributed by atoms with E-state index in [4.69, 9.17) is 14.2 Å². The molecule has 6 nitrogen and oxygen atoms in total. The Bertz CT molecular complexity index is 1320. The van der Waals surface area contributed by atoms with Crippen molar-refractivity contribution in [1.82, 2.24) is 4.98 Å². The topological polar surface area (TPSA) is 69.7 Å². The Labute approximate surface area is 212 Å². The normalized spacial score (nSPS) is 21.6. The minimum atomic E-state index is -4.45. The van der Waals surface area contributed by atoms with Crippen molar-refractivity contribution in [2.24, 2.45) is 5.92 Å². The summed E-state index contributed by atoms with van der Waals surface area (Å²) < 4.78 is 54.5. The van der Waals surface area contributed by atoms with Crippen molar-refractivity contribution in [3.8, 4) is 17.4 Å². The summed E-state index contributed by atoms with van der Waals surface area (Å²) >= 11 is 0. The van der Waals surface area contributed by atoms with Crippen LogP contribution in [0.15, 0.2) is 60.8 Å². The Morgan fingerprint density at radius 1 is 1.05 bits per heavy atom. The van der Waals surface area contributed by atoms with Gasteiger partial charge in [0.05, 0.1) is 6.61 Å². The van der Waals surface area contributed by atoms with Crippen LogP contribution in [-0.2, 0) is 16.6 Å². The average Bonchev–Trinajstić information content (AvgIpc) is 3.13. The van der Waals surface area contributed by atoms with Crippen molar-refractivity contribution >= 4 is 11.6 Å². The number of anilines is 1. The number of hydrogen-bond acceptors (Lipinski definition) is 5. The van der Waals surface area contributed by atoms with Crippen LogP contribution in [0.5, 0.6) is 17.4 Å². The van der Waals surface area contributed by atoms with Gasteiger partial charge in [-0.2, -0.15) is 13.2 Å². The van der Waals surface area contributed by atoms with E-state index in [-0.39, 0.29) is 17.7 Å². The number of pyridine rings is 1. The molecular formula is C28H27F3N2O4. The number of fused-ring (bicyclic) bond motifs is 4. The molecule has 2 aliphatic heterocycles. The first kappa shape index (κ1) is 24.9. The number of ether oxygens (including phenoxy) is 3. The number of halogens is 3. The summed E-state index contributed by atoms with van der Waals surface area (Å²) in [5.74, 6) is 0.577. The summed E-state index contributed by atoms with van der Waals surface area (Å²) in [4.78, 5) is 18.0. The molecule has 1 aromatic heterocycles. The van der Waals surface area contributed by atoms with Gasteiger partial charge in [0.2, 0.25) is 11.8 Å². The summed E-state index contributed by atoms with van der Waals surface area (Å²) in [6.07, 6.45) is -2.58. The number of rotatable bonds is 6. The summed E-state index contributed by atoms with van der Waals surface area (Å²) in [5, 5.41) is 3.06. The predicted molar refractivity (Wildman–Crippen MR) is 131 cm³/mol. The van der Waals surface area contributed by atoms with E-state index in [1.54, 1.807) is 6.07 Å². The number of amides is 1. The van der Waals surface area contributed by atoms with Crippen LogP contribution in [0.25, 0.3) is 0 Å². The number of alkyl halides is 3. The molecule has 0 saturated heterocycles. The molecule has 37 heavy (non-hydrogen) atoms. The van der Waals surface area contributed by atoms with Crippen LogP contribution >= 0.6 is 0 Å². The highest BCUT2D eigenvalue weighted by Crippen LogP contribution is 2.58. The van der Waals surface area contributed by atoms with Crippen LogP contribution in [0.3, 0.4) is 0 Å². The molecule has 1 N–H and O–H groups in total. The minimum absolute atomic E-state index is 0.118. The van der Waals surface area contributed by atoms with Crippen molar-refractivity contribution < 1.29 is 32.2 Å². The SMILES string of the molecule is CCOc1ccc2c(c1)OC(C)(C)C(Cc1ccc(OCC(F)(F)F)nc1)C21C(=O)Nc2ccccc21. The second kappa shape index (κ2) is 8.97. The van der Waals surface area contributed by atoms with E-state index in [9.17, 15) is 18.0 Å². The van der Waals surface area contributed by atoms with Gasteiger partial charge in [-0.05, 0) is 50.5 Å².